The van der Waals surface area contributed by atoms with E-state index in [1.165, 1.54) is 11.6 Å². The maximum absolute atomic E-state index is 12.8. The summed E-state index contributed by atoms with van der Waals surface area (Å²) < 4.78 is 8.70. The first-order valence-electron chi connectivity index (χ1n) is 18.4. The molecule has 3 atom stereocenters. The van der Waals surface area contributed by atoms with Gasteiger partial charge in [0.25, 0.3) is 11.5 Å². The number of amides is 3. The number of carbonyl (C=O) groups is 3. The van der Waals surface area contributed by atoms with Crippen molar-refractivity contribution in [2.45, 2.75) is 51.0 Å². The Balaban J connectivity index is 0.925. The van der Waals surface area contributed by atoms with Crippen molar-refractivity contribution in [1.82, 2.24) is 39.9 Å². The summed E-state index contributed by atoms with van der Waals surface area (Å²) in [6.07, 6.45) is 7.05. The Bertz CT molecular complexity index is 2420. The monoisotopic (exact) mass is 767 g/mol. The molecule has 2 saturated heterocycles. The molecule has 55 heavy (non-hydrogen) atoms. The fourth-order valence-electron chi connectivity index (χ4n) is 8.42. The smallest absolute Gasteiger partial charge is 0.294 e. The highest BCUT2D eigenvalue weighted by Gasteiger charge is 2.48. The highest BCUT2D eigenvalue weighted by molar-refractivity contribution is 6.33. The summed E-state index contributed by atoms with van der Waals surface area (Å²) in [6, 6.07) is 9.71. The number of ether oxygens (including phenoxy) is 1. The fourth-order valence-corrected chi connectivity index (χ4v) is 8.56. The Morgan fingerprint density at radius 1 is 1.11 bits per heavy atom. The maximum Gasteiger partial charge on any atom is 0.294 e. The molecule has 4 N–H and O–H groups in total. The molecule has 4 aromatic heterocycles. The van der Waals surface area contributed by atoms with Crippen molar-refractivity contribution in [2.24, 2.45) is 25.4 Å². The number of piperidine rings is 1. The number of hydrogen-bond donors (Lipinski definition) is 4. The van der Waals surface area contributed by atoms with Crippen molar-refractivity contribution in [2.75, 3.05) is 42.3 Å². The van der Waals surface area contributed by atoms with E-state index in [1.807, 2.05) is 29.9 Å². The van der Waals surface area contributed by atoms with Crippen LogP contribution in [-0.2, 0) is 28.5 Å². The lowest BCUT2D eigenvalue weighted by Gasteiger charge is -2.55. The SMILES string of the molecule is CNC(=O)COc1cc2cc(Nc3nc(N4CC5(CC[C@@H](Nc6cccc7c(C8CCC(=O)NC8=O)nn(C)c67)[C@H](C)C5)C4)ncc3Cl)cnc2n(C)c1=O. The number of aryl methyl sites for hydroxylation is 2. The molecule has 1 spiro atoms. The van der Waals surface area contributed by atoms with E-state index in [0.717, 1.165) is 48.9 Å². The number of hydrogen-bond acceptors (Lipinski definition) is 12. The van der Waals surface area contributed by atoms with Crippen LogP contribution >= 0.6 is 11.6 Å². The molecule has 1 aromatic carbocycles. The molecule has 1 saturated carbocycles. The minimum atomic E-state index is -0.450. The van der Waals surface area contributed by atoms with Crippen LogP contribution in [0, 0.1) is 11.3 Å². The van der Waals surface area contributed by atoms with Crippen molar-refractivity contribution in [3.05, 3.63) is 63.8 Å². The van der Waals surface area contributed by atoms with Crippen molar-refractivity contribution in [3.8, 4) is 5.75 Å². The molecule has 0 bridgehead atoms. The summed E-state index contributed by atoms with van der Waals surface area (Å²) in [6.45, 7) is 3.69. The van der Waals surface area contributed by atoms with Crippen LogP contribution in [0.25, 0.3) is 21.9 Å². The number of rotatable bonds is 9. The van der Waals surface area contributed by atoms with Crippen LogP contribution in [0.4, 0.5) is 23.1 Å². The number of halogens is 1. The molecule has 3 amide bonds. The Morgan fingerprint density at radius 2 is 1.93 bits per heavy atom. The van der Waals surface area contributed by atoms with Gasteiger partial charge in [-0.2, -0.15) is 10.1 Å². The van der Waals surface area contributed by atoms with Gasteiger partial charge < -0.3 is 25.6 Å². The highest BCUT2D eigenvalue weighted by atomic mass is 35.5. The molecule has 0 radical (unpaired) electrons. The van der Waals surface area contributed by atoms with Gasteiger partial charge in [0.15, 0.2) is 18.2 Å². The van der Waals surface area contributed by atoms with E-state index in [4.69, 9.17) is 26.4 Å². The summed E-state index contributed by atoms with van der Waals surface area (Å²) >= 11 is 6.56. The molecule has 6 heterocycles. The summed E-state index contributed by atoms with van der Waals surface area (Å²) in [5, 5.41) is 18.7. The highest BCUT2D eigenvalue weighted by Crippen LogP contribution is 2.48. The Labute approximate surface area is 321 Å². The van der Waals surface area contributed by atoms with E-state index in [2.05, 4.69) is 49.1 Å². The van der Waals surface area contributed by atoms with Crippen LogP contribution in [0.5, 0.6) is 5.75 Å². The predicted octanol–water partition coefficient (Wildman–Crippen LogP) is 3.76. The third-order valence-electron chi connectivity index (χ3n) is 11.2. The van der Waals surface area contributed by atoms with Crippen LogP contribution in [0.1, 0.15) is 50.6 Å². The van der Waals surface area contributed by atoms with Crippen molar-refractivity contribution < 1.29 is 19.1 Å². The van der Waals surface area contributed by atoms with Gasteiger partial charge in [0.05, 0.1) is 40.9 Å². The number of nitrogens with one attached hydrogen (secondary N) is 4. The predicted molar refractivity (Wildman–Crippen MR) is 208 cm³/mol. The van der Waals surface area contributed by atoms with Gasteiger partial charge in [0.1, 0.15) is 10.7 Å². The number of pyridine rings is 2. The lowest BCUT2D eigenvalue weighted by atomic mass is 9.64. The van der Waals surface area contributed by atoms with Crippen LogP contribution in [-0.4, -0.2) is 79.8 Å². The molecular formula is C38H42ClN11O5. The average molecular weight is 768 g/mol. The third kappa shape index (κ3) is 6.79. The minimum absolute atomic E-state index is 0.0390. The Kier molecular flexibility index (Phi) is 9.31. The summed E-state index contributed by atoms with van der Waals surface area (Å²) in [4.78, 5) is 64.9. The van der Waals surface area contributed by atoms with Crippen LogP contribution < -0.4 is 36.5 Å². The number of likely N-dealkylation sites (N-methyl/N-ethyl adjacent to an activating group) is 1. The summed E-state index contributed by atoms with van der Waals surface area (Å²) in [5.41, 5.74) is 3.46. The number of nitrogens with zero attached hydrogens (tertiary/aromatic N) is 7. The van der Waals surface area contributed by atoms with Gasteiger partial charge in [-0.3, -0.25) is 33.7 Å². The quantitative estimate of drug-likeness (QED) is 0.159. The summed E-state index contributed by atoms with van der Waals surface area (Å²) in [7, 11) is 4.99. The number of fused-ring (bicyclic) bond motifs is 2. The molecule has 3 aliphatic rings. The number of anilines is 4. The van der Waals surface area contributed by atoms with Crippen molar-refractivity contribution in [1.29, 1.82) is 0 Å². The van der Waals surface area contributed by atoms with Gasteiger partial charge >= 0.3 is 0 Å². The van der Waals surface area contributed by atoms with Gasteiger partial charge in [-0.05, 0) is 49.8 Å². The first-order valence-corrected chi connectivity index (χ1v) is 18.7. The van der Waals surface area contributed by atoms with E-state index in [1.54, 1.807) is 25.5 Å². The normalized spacial score (nSPS) is 20.7. The average Bonchev–Trinajstić information content (AvgIpc) is 3.49. The fraction of sp³-hybridized carbons (Fsp3) is 0.421. The topological polar surface area (TPSA) is 190 Å². The van der Waals surface area contributed by atoms with Gasteiger partial charge in [-0.25, -0.2) is 9.97 Å². The van der Waals surface area contributed by atoms with Crippen LogP contribution in [0.3, 0.4) is 0 Å². The molecule has 1 aliphatic carbocycles. The second kappa shape index (κ2) is 14.1. The molecule has 1 unspecified atom stereocenters. The van der Waals surface area contributed by atoms with Crippen molar-refractivity contribution in [3.63, 3.8) is 0 Å². The molecule has 286 valence electrons. The lowest BCUT2D eigenvalue weighted by Crippen LogP contribution is -2.60. The lowest BCUT2D eigenvalue weighted by molar-refractivity contribution is -0.134. The van der Waals surface area contributed by atoms with E-state index in [-0.39, 0.29) is 41.5 Å². The molecule has 17 heteroatoms. The summed E-state index contributed by atoms with van der Waals surface area (Å²) in [5.74, 6) is 0.127. The first-order chi connectivity index (χ1) is 26.4. The zero-order chi connectivity index (χ0) is 38.6. The second-order valence-corrected chi connectivity index (χ2v) is 15.4. The molecule has 3 fully saturated rings. The number of imide groups is 1. The minimum Gasteiger partial charge on any atom is -0.478 e. The van der Waals surface area contributed by atoms with E-state index < -0.39 is 11.5 Å². The second-order valence-electron chi connectivity index (χ2n) is 15.0. The standard InChI is InChI=1S/C38H42ClN11O5/c1-20-14-38(11-10-26(20)44-27-7-5-6-23-31(47-49(4)32(23)27)24-8-9-29(51)45-35(24)53)18-50(19-38)37-42-16-25(39)33(46-37)43-22-12-21-13-28(55-17-30(52)40-2)36(54)48(3)34(21)41-15-22/h5-7,12-13,15-16,20,24,26,44H,8-11,14,17-19H2,1-4H3,(H,40,52)(H,42,43,46)(H,45,51,53)/t20-,24?,26-/m1/s1. The van der Waals surface area contributed by atoms with Gasteiger partial charge in [0.2, 0.25) is 17.8 Å². The van der Waals surface area contributed by atoms with Gasteiger partial charge in [0, 0.05) is 62.9 Å². The zero-order valence-corrected chi connectivity index (χ0v) is 31.7. The molecule has 2 aliphatic heterocycles. The van der Waals surface area contributed by atoms with Crippen LogP contribution in [0.2, 0.25) is 5.02 Å². The largest absolute Gasteiger partial charge is 0.478 e. The van der Waals surface area contributed by atoms with E-state index in [9.17, 15) is 19.2 Å². The Hall–Kier alpha value is -5.77. The molecule has 16 nitrogen and oxygen atoms in total. The molecule has 8 rings (SSSR count). The number of para-hydroxylation sites is 1. The number of benzene rings is 1. The third-order valence-corrected chi connectivity index (χ3v) is 11.5. The van der Waals surface area contributed by atoms with Gasteiger partial charge in [-0.15, -0.1) is 0 Å². The van der Waals surface area contributed by atoms with E-state index in [0.29, 0.717) is 58.0 Å². The molecular weight excluding hydrogens is 726 g/mol. The first kappa shape index (κ1) is 36.2. The zero-order valence-electron chi connectivity index (χ0n) is 31.0. The molecule has 5 aromatic rings. The van der Waals surface area contributed by atoms with E-state index >= 15 is 0 Å². The van der Waals surface area contributed by atoms with Crippen molar-refractivity contribution >= 4 is 74.4 Å². The van der Waals surface area contributed by atoms with Crippen LogP contribution in [0.15, 0.2) is 47.5 Å². The number of aromatic nitrogens is 6. The maximum atomic E-state index is 12.8. The number of carbonyl (C=O) groups excluding carboxylic acids is 3. The van der Waals surface area contributed by atoms with Gasteiger partial charge in [-0.1, -0.05) is 30.7 Å². The Morgan fingerprint density at radius 3 is 2.69 bits per heavy atom.